The van der Waals surface area contributed by atoms with Crippen LogP contribution in [-0.4, -0.2) is 46.5 Å². The van der Waals surface area contributed by atoms with Gasteiger partial charge in [0.25, 0.3) is 0 Å². The molecule has 0 radical (unpaired) electrons. The number of nitrogens with one attached hydrogen (secondary N) is 1. The summed E-state index contributed by atoms with van der Waals surface area (Å²) in [6.45, 7) is 0. The molecule has 1 heterocycles. The second-order valence-electron chi connectivity index (χ2n) is 6.37. The van der Waals surface area contributed by atoms with E-state index < -0.39 is 5.69 Å². The molecule has 0 spiro atoms. The molecule has 0 amide bonds. The highest BCUT2D eigenvalue weighted by molar-refractivity contribution is 6.02. The van der Waals surface area contributed by atoms with Gasteiger partial charge in [0.15, 0.2) is 5.84 Å². The van der Waals surface area contributed by atoms with Gasteiger partial charge in [0.05, 0.1) is 25.6 Å². The summed E-state index contributed by atoms with van der Waals surface area (Å²) >= 11 is 0. The lowest BCUT2D eigenvalue weighted by atomic mass is 10.1. The predicted octanol–water partition coefficient (Wildman–Crippen LogP) is 1.80. The lowest BCUT2D eigenvalue weighted by Gasteiger charge is -2.09. The molecule has 0 saturated carbocycles. The molecule has 10 nitrogen and oxygen atoms in total. The van der Waals surface area contributed by atoms with E-state index in [4.69, 9.17) is 10.1 Å². The lowest BCUT2D eigenvalue weighted by molar-refractivity contribution is -0.140. The molecule has 0 aliphatic rings. The van der Waals surface area contributed by atoms with Crippen LogP contribution >= 0.6 is 0 Å². The van der Waals surface area contributed by atoms with Crippen LogP contribution in [0, 0.1) is 5.41 Å². The number of methoxy groups -OCH3 is 2. The average molecular weight is 421 g/mol. The quantitative estimate of drug-likeness (QED) is 0.268. The van der Waals surface area contributed by atoms with Crippen LogP contribution in [0.1, 0.15) is 17.5 Å². The maximum absolute atomic E-state index is 13.0. The molecule has 0 unspecified atom stereocenters. The summed E-state index contributed by atoms with van der Waals surface area (Å²) in [6, 6.07) is 11.7. The number of carbonyl (C=O) groups is 1. The zero-order chi connectivity index (χ0) is 22.4. The summed E-state index contributed by atoms with van der Waals surface area (Å²) in [5.74, 6) is -0.218. The van der Waals surface area contributed by atoms with Crippen molar-refractivity contribution in [2.75, 3.05) is 14.2 Å². The molecule has 0 saturated heterocycles. The molecule has 10 heteroatoms. The fourth-order valence-corrected chi connectivity index (χ4v) is 2.95. The molecule has 1 aromatic heterocycles. The Kier molecular flexibility index (Phi) is 6.54. The topological polar surface area (TPSA) is 129 Å². The highest BCUT2D eigenvalue weighted by Crippen LogP contribution is 2.21. The first kappa shape index (κ1) is 21.4. The molecule has 0 aliphatic heterocycles. The molecule has 31 heavy (non-hydrogen) atoms. The van der Waals surface area contributed by atoms with E-state index in [1.54, 1.807) is 36.4 Å². The Morgan fingerprint density at radius 3 is 2.58 bits per heavy atom. The first-order valence-corrected chi connectivity index (χ1v) is 9.16. The number of aromatic nitrogens is 3. The number of amidine groups is 1. The molecule has 0 bridgehead atoms. The summed E-state index contributed by atoms with van der Waals surface area (Å²) in [5, 5.41) is 12.1. The first-order chi connectivity index (χ1) is 15.0. The number of benzene rings is 2. The molecule has 0 fully saturated rings. The number of hydrogen-bond acceptors (Lipinski definition) is 7. The van der Waals surface area contributed by atoms with E-state index in [1.807, 2.05) is 0 Å². The summed E-state index contributed by atoms with van der Waals surface area (Å²) in [7, 11) is 2.81. The predicted molar refractivity (Wildman–Crippen MR) is 111 cm³/mol. The van der Waals surface area contributed by atoms with Gasteiger partial charge in [-0.2, -0.15) is 9.78 Å². The van der Waals surface area contributed by atoms with Gasteiger partial charge in [0, 0.05) is 12.0 Å². The molecular weight excluding hydrogens is 402 g/mol. The Morgan fingerprint density at radius 2 is 1.94 bits per heavy atom. The van der Waals surface area contributed by atoms with E-state index in [1.165, 1.54) is 41.9 Å². The van der Waals surface area contributed by atoms with E-state index >= 15 is 0 Å². The minimum absolute atomic E-state index is 0.211. The van der Waals surface area contributed by atoms with E-state index in [9.17, 15) is 14.4 Å². The number of aryl methyl sites for hydroxylation is 1. The molecule has 2 aromatic carbocycles. The van der Waals surface area contributed by atoms with Crippen molar-refractivity contribution in [2.24, 2.45) is 4.99 Å². The van der Waals surface area contributed by atoms with Crippen molar-refractivity contribution in [3.05, 3.63) is 70.4 Å². The van der Waals surface area contributed by atoms with Crippen molar-refractivity contribution in [3.63, 3.8) is 0 Å². The van der Waals surface area contributed by atoms with Gasteiger partial charge in [-0.1, -0.05) is 12.1 Å². The van der Waals surface area contributed by atoms with E-state index in [-0.39, 0.29) is 23.8 Å². The average Bonchev–Trinajstić information content (AvgIpc) is 3.18. The minimum Gasteiger partial charge on any atom is -0.497 e. The molecule has 0 aliphatic carbocycles. The van der Waals surface area contributed by atoms with Gasteiger partial charge >= 0.3 is 11.7 Å². The number of nitrogens with zero attached hydrogens (tertiary/aromatic N) is 4. The van der Waals surface area contributed by atoms with Crippen molar-refractivity contribution in [3.8, 4) is 17.1 Å². The third kappa shape index (κ3) is 4.65. The minimum atomic E-state index is -0.475. The molecule has 1 N–H and O–H groups in total. The second-order valence-corrected chi connectivity index (χ2v) is 6.37. The van der Waals surface area contributed by atoms with Crippen molar-refractivity contribution in [1.82, 2.24) is 14.3 Å². The fraction of sp³-hybridized carbons (Fsp3) is 0.190. The monoisotopic (exact) mass is 421 g/mol. The number of aliphatic imine (C=N–C) groups is 1. The van der Waals surface area contributed by atoms with Crippen LogP contribution < -0.4 is 10.4 Å². The summed E-state index contributed by atoms with van der Waals surface area (Å²) in [6.07, 6.45) is 3.43. The van der Waals surface area contributed by atoms with Gasteiger partial charge in [-0.05, 0) is 42.3 Å². The molecular formula is C21H19N5O5. The van der Waals surface area contributed by atoms with Crippen LogP contribution in [0.2, 0.25) is 0 Å². The van der Waals surface area contributed by atoms with Crippen molar-refractivity contribution >= 4 is 17.9 Å². The highest BCUT2D eigenvalue weighted by atomic mass is 16.5. The fourth-order valence-electron chi connectivity index (χ4n) is 2.95. The maximum Gasteiger partial charge on any atom is 0.355 e. The molecule has 0 atom stereocenters. The summed E-state index contributed by atoms with van der Waals surface area (Å²) < 4.78 is 12.2. The third-order valence-corrected chi connectivity index (χ3v) is 4.57. The molecule has 3 aromatic rings. The van der Waals surface area contributed by atoms with Crippen molar-refractivity contribution < 1.29 is 19.1 Å². The molecule has 158 valence electrons. The van der Waals surface area contributed by atoms with E-state index in [2.05, 4.69) is 14.8 Å². The van der Waals surface area contributed by atoms with Gasteiger partial charge in [0.2, 0.25) is 6.08 Å². The Balaban J connectivity index is 1.95. The number of hydrogen-bond donors (Lipinski definition) is 1. The lowest BCUT2D eigenvalue weighted by Crippen LogP contribution is -2.23. The number of carbonyl (C=O) groups excluding carboxylic acids is 2. The maximum atomic E-state index is 13.0. The van der Waals surface area contributed by atoms with Crippen LogP contribution in [0.25, 0.3) is 11.4 Å². The van der Waals surface area contributed by atoms with Crippen molar-refractivity contribution in [2.45, 2.75) is 12.8 Å². The normalized spacial score (nSPS) is 10.3. The van der Waals surface area contributed by atoms with E-state index in [0.29, 0.717) is 23.5 Å². The van der Waals surface area contributed by atoms with Gasteiger partial charge in [-0.25, -0.2) is 14.2 Å². The van der Waals surface area contributed by atoms with Crippen LogP contribution in [-0.2, 0) is 20.7 Å². The second kappa shape index (κ2) is 9.47. The Bertz CT molecular complexity index is 1220. The Hall–Kier alpha value is -4.30. The van der Waals surface area contributed by atoms with Crippen LogP contribution in [0.5, 0.6) is 5.75 Å². The SMILES string of the molecule is COC(=O)CCc1ccc(-n2ncn(-c3ccc(OC)cc3C(=N)N=C=O)c2=O)cc1. The number of isocyanates is 1. The zero-order valence-electron chi connectivity index (χ0n) is 16.9. The van der Waals surface area contributed by atoms with Gasteiger partial charge in [-0.15, -0.1) is 4.99 Å². The van der Waals surface area contributed by atoms with Gasteiger partial charge in [-0.3, -0.25) is 10.2 Å². The smallest absolute Gasteiger partial charge is 0.355 e. The van der Waals surface area contributed by atoms with Crippen LogP contribution in [0.4, 0.5) is 0 Å². The summed E-state index contributed by atoms with van der Waals surface area (Å²) in [4.78, 5) is 38.2. The Morgan fingerprint density at radius 1 is 1.19 bits per heavy atom. The Labute approximate surface area is 176 Å². The van der Waals surface area contributed by atoms with Crippen molar-refractivity contribution in [1.29, 1.82) is 5.41 Å². The zero-order valence-corrected chi connectivity index (χ0v) is 16.9. The highest BCUT2D eigenvalue weighted by Gasteiger charge is 2.16. The van der Waals surface area contributed by atoms with Crippen LogP contribution in [0.15, 0.2) is 58.6 Å². The van der Waals surface area contributed by atoms with Gasteiger partial charge in [0.1, 0.15) is 12.1 Å². The third-order valence-electron chi connectivity index (χ3n) is 4.57. The van der Waals surface area contributed by atoms with Crippen LogP contribution in [0.3, 0.4) is 0 Å². The molecule has 3 rings (SSSR count). The first-order valence-electron chi connectivity index (χ1n) is 9.16. The largest absolute Gasteiger partial charge is 0.497 e. The van der Waals surface area contributed by atoms with Gasteiger partial charge < -0.3 is 9.47 Å². The summed E-state index contributed by atoms with van der Waals surface area (Å²) in [5.41, 5.74) is 1.50. The number of esters is 1. The number of rotatable bonds is 7. The number of ether oxygens (including phenoxy) is 2. The van der Waals surface area contributed by atoms with E-state index in [0.717, 1.165) is 5.56 Å². The standard InChI is InChI=1S/C21H19N5O5/c1-30-16-8-9-18(17(11-16)20(22)23-13-27)25-12-24-26(21(25)29)15-6-3-14(4-7-15)5-10-19(28)31-2/h3-4,6-9,11-12,22H,5,10H2,1-2H3.